The summed E-state index contributed by atoms with van der Waals surface area (Å²) in [4.78, 5) is 3.95. The fourth-order valence-electron chi connectivity index (χ4n) is 1.34. The van der Waals surface area contributed by atoms with Crippen molar-refractivity contribution in [1.82, 2.24) is 9.71 Å². The van der Waals surface area contributed by atoms with Gasteiger partial charge in [0.15, 0.2) is 0 Å². The number of nitrogens with one attached hydrogen (secondary N) is 1. The van der Waals surface area contributed by atoms with Gasteiger partial charge in [-0.05, 0) is 38.9 Å². The maximum absolute atomic E-state index is 11.9. The van der Waals surface area contributed by atoms with Crippen LogP contribution >= 0.6 is 0 Å². The van der Waals surface area contributed by atoms with Gasteiger partial charge in [-0.1, -0.05) is 0 Å². The SMILES string of the molecule is CC(C)(CCN)NS(=O)(=O)c1cccnc1. The zero-order valence-electron chi connectivity index (χ0n) is 9.47. The first-order valence-electron chi connectivity index (χ1n) is 5.01. The normalized spacial score (nSPS) is 12.7. The van der Waals surface area contributed by atoms with Crippen molar-refractivity contribution in [3.63, 3.8) is 0 Å². The third-order valence-corrected chi connectivity index (χ3v) is 3.81. The van der Waals surface area contributed by atoms with Crippen molar-refractivity contribution in [3.8, 4) is 0 Å². The van der Waals surface area contributed by atoms with Crippen molar-refractivity contribution >= 4 is 10.0 Å². The summed E-state index contributed by atoms with van der Waals surface area (Å²) >= 11 is 0. The summed E-state index contributed by atoms with van der Waals surface area (Å²) in [5.41, 5.74) is 4.87. The topological polar surface area (TPSA) is 85.1 Å². The van der Waals surface area contributed by atoms with Gasteiger partial charge in [-0.15, -0.1) is 0 Å². The lowest BCUT2D eigenvalue weighted by Gasteiger charge is -2.25. The summed E-state index contributed by atoms with van der Waals surface area (Å²) in [5.74, 6) is 0. The van der Waals surface area contributed by atoms with Crippen molar-refractivity contribution in [2.45, 2.75) is 30.7 Å². The number of rotatable bonds is 5. The molecule has 1 heterocycles. The first-order valence-corrected chi connectivity index (χ1v) is 6.50. The number of hydrogen-bond acceptors (Lipinski definition) is 4. The summed E-state index contributed by atoms with van der Waals surface area (Å²) < 4.78 is 26.5. The maximum Gasteiger partial charge on any atom is 0.242 e. The molecule has 0 radical (unpaired) electrons. The molecule has 0 saturated heterocycles. The summed E-state index contributed by atoms with van der Waals surface area (Å²) in [5, 5.41) is 0. The van der Waals surface area contributed by atoms with E-state index < -0.39 is 15.6 Å². The standard InChI is InChI=1S/C10H17N3O2S/c1-10(2,5-6-11)13-16(14,15)9-4-3-7-12-8-9/h3-4,7-8,13H,5-6,11H2,1-2H3. The zero-order valence-corrected chi connectivity index (χ0v) is 10.3. The Hall–Kier alpha value is -0.980. The molecule has 0 bridgehead atoms. The molecule has 0 aliphatic heterocycles. The molecule has 0 unspecified atom stereocenters. The molecule has 0 fully saturated rings. The predicted molar refractivity (Wildman–Crippen MR) is 62.3 cm³/mol. The van der Waals surface area contributed by atoms with E-state index in [1.165, 1.54) is 18.5 Å². The molecule has 1 aromatic heterocycles. The molecule has 90 valence electrons. The number of nitrogens with two attached hydrogens (primary N) is 1. The predicted octanol–water partition coefficient (Wildman–Crippen LogP) is 0.487. The average molecular weight is 243 g/mol. The van der Waals surface area contributed by atoms with Crippen molar-refractivity contribution in [2.24, 2.45) is 5.73 Å². The maximum atomic E-state index is 11.9. The fourth-order valence-corrected chi connectivity index (χ4v) is 2.75. The van der Waals surface area contributed by atoms with Gasteiger partial charge < -0.3 is 5.73 Å². The molecule has 0 aliphatic rings. The highest BCUT2D eigenvalue weighted by molar-refractivity contribution is 7.89. The minimum Gasteiger partial charge on any atom is -0.330 e. The molecule has 0 spiro atoms. The molecule has 1 aromatic rings. The van der Waals surface area contributed by atoms with E-state index in [1.54, 1.807) is 19.9 Å². The number of nitrogens with zero attached hydrogens (tertiary/aromatic N) is 1. The van der Waals surface area contributed by atoms with Gasteiger partial charge in [0.25, 0.3) is 0 Å². The smallest absolute Gasteiger partial charge is 0.242 e. The average Bonchev–Trinajstić information content (AvgIpc) is 2.17. The second-order valence-electron chi connectivity index (χ2n) is 4.22. The van der Waals surface area contributed by atoms with Crippen LogP contribution in [0.4, 0.5) is 0 Å². The van der Waals surface area contributed by atoms with Crippen molar-refractivity contribution in [2.75, 3.05) is 6.54 Å². The highest BCUT2D eigenvalue weighted by Gasteiger charge is 2.25. The van der Waals surface area contributed by atoms with Crippen molar-refractivity contribution in [1.29, 1.82) is 0 Å². The first-order chi connectivity index (χ1) is 7.37. The fraction of sp³-hybridized carbons (Fsp3) is 0.500. The van der Waals surface area contributed by atoms with E-state index in [4.69, 9.17) is 5.73 Å². The third kappa shape index (κ3) is 3.55. The van der Waals surface area contributed by atoms with Gasteiger partial charge in [0.1, 0.15) is 4.90 Å². The lowest BCUT2D eigenvalue weighted by atomic mass is 10.0. The van der Waals surface area contributed by atoms with Gasteiger partial charge in [0, 0.05) is 17.9 Å². The van der Waals surface area contributed by atoms with Crippen LogP contribution < -0.4 is 10.5 Å². The summed E-state index contributed by atoms with van der Waals surface area (Å²) in [6.45, 7) is 4.03. The van der Waals surface area contributed by atoms with Crippen LogP contribution in [0.3, 0.4) is 0 Å². The van der Waals surface area contributed by atoms with E-state index in [2.05, 4.69) is 9.71 Å². The highest BCUT2D eigenvalue weighted by Crippen LogP contribution is 2.13. The molecular weight excluding hydrogens is 226 g/mol. The monoisotopic (exact) mass is 243 g/mol. The van der Waals surface area contributed by atoms with Gasteiger partial charge in [0.05, 0.1) is 0 Å². The molecule has 3 N–H and O–H groups in total. The molecular formula is C10H17N3O2S. The van der Waals surface area contributed by atoms with Crippen LogP contribution in [0.2, 0.25) is 0 Å². The molecule has 16 heavy (non-hydrogen) atoms. The molecule has 0 amide bonds. The Morgan fingerprint density at radius 2 is 2.19 bits per heavy atom. The first kappa shape index (κ1) is 13.1. The van der Waals surface area contributed by atoms with Gasteiger partial charge in [-0.25, -0.2) is 13.1 Å². The molecule has 5 nitrogen and oxygen atoms in total. The number of sulfonamides is 1. The largest absolute Gasteiger partial charge is 0.330 e. The Bertz CT molecular complexity index is 429. The number of pyridine rings is 1. The third-order valence-electron chi connectivity index (χ3n) is 2.12. The zero-order chi connectivity index (χ0) is 12.2. The van der Waals surface area contributed by atoms with Gasteiger partial charge >= 0.3 is 0 Å². The molecule has 6 heteroatoms. The van der Waals surface area contributed by atoms with E-state index in [0.717, 1.165) is 0 Å². The van der Waals surface area contributed by atoms with Crippen LogP contribution in [0, 0.1) is 0 Å². The second-order valence-corrected chi connectivity index (χ2v) is 5.90. The Morgan fingerprint density at radius 3 is 2.69 bits per heavy atom. The van der Waals surface area contributed by atoms with Gasteiger partial charge in [-0.3, -0.25) is 4.98 Å². The second kappa shape index (κ2) is 4.90. The minimum atomic E-state index is -3.51. The Kier molecular flexibility index (Phi) is 4.01. The van der Waals surface area contributed by atoms with Crippen LogP contribution in [0.25, 0.3) is 0 Å². The number of aromatic nitrogens is 1. The molecule has 0 saturated carbocycles. The Morgan fingerprint density at radius 1 is 1.50 bits per heavy atom. The lowest BCUT2D eigenvalue weighted by molar-refractivity contribution is 0.428. The van der Waals surface area contributed by atoms with Crippen LogP contribution in [0.1, 0.15) is 20.3 Å². The van der Waals surface area contributed by atoms with Crippen molar-refractivity contribution < 1.29 is 8.42 Å². The van der Waals surface area contributed by atoms with Gasteiger partial charge in [-0.2, -0.15) is 0 Å². The van der Waals surface area contributed by atoms with Crippen LogP contribution in [-0.4, -0.2) is 25.5 Å². The van der Waals surface area contributed by atoms with E-state index in [1.807, 2.05) is 0 Å². The minimum absolute atomic E-state index is 0.167. The lowest BCUT2D eigenvalue weighted by Crippen LogP contribution is -2.44. The van der Waals surface area contributed by atoms with E-state index in [-0.39, 0.29) is 4.90 Å². The Labute approximate surface area is 96.1 Å². The van der Waals surface area contributed by atoms with Crippen LogP contribution in [0.5, 0.6) is 0 Å². The Balaban J connectivity index is 2.89. The summed E-state index contributed by atoms with van der Waals surface area (Å²) in [6, 6.07) is 3.10. The molecule has 0 aromatic carbocycles. The van der Waals surface area contributed by atoms with Crippen LogP contribution in [-0.2, 0) is 10.0 Å². The van der Waals surface area contributed by atoms with Crippen LogP contribution in [0.15, 0.2) is 29.4 Å². The van der Waals surface area contributed by atoms with E-state index in [0.29, 0.717) is 13.0 Å². The molecule has 0 atom stereocenters. The van der Waals surface area contributed by atoms with E-state index >= 15 is 0 Å². The molecule has 0 aliphatic carbocycles. The quantitative estimate of drug-likeness (QED) is 0.788. The summed E-state index contributed by atoms with van der Waals surface area (Å²) in [6.07, 6.45) is 3.43. The summed E-state index contributed by atoms with van der Waals surface area (Å²) in [7, 11) is -3.51. The highest BCUT2D eigenvalue weighted by atomic mass is 32.2. The number of hydrogen-bond donors (Lipinski definition) is 2. The van der Waals surface area contributed by atoms with E-state index in [9.17, 15) is 8.42 Å². The molecule has 1 rings (SSSR count). The van der Waals surface area contributed by atoms with Crippen molar-refractivity contribution in [3.05, 3.63) is 24.5 Å². The van der Waals surface area contributed by atoms with Gasteiger partial charge in [0.2, 0.25) is 10.0 Å².